The maximum Gasteiger partial charge on any atom is 0.280 e. The van der Waals surface area contributed by atoms with E-state index in [2.05, 4.69) is 19.9 Å². The minimum Gasteiger partial charge on any atom is -0.369 e. The average Bonchev–Trinajstić information content (AvgIpc) is 2.96. The maximum atomic E-state index is 12.4. The number of anilines is 1. The summed E-state index contributed by atoms with van der Waals surface area (Å²) in [6.07, 6.45) is 0.805. The number of likely N-dealkylation sites (N-methyl/N-ethyl adjacent to an activating group) is 1. The Morgan fingerprint density at radius 3 is 2.92 bits per heavy atom. The highest BCUT2D eigenvalue weighted by Crippen LogP contribution is 2.44. The molecule has 0 radical (unpaired) electrons. The molecular formula is C14H24N7O4P. The van der Waals surface area contributed by atoms with Crippen LogP contribution in [0.1, 0.15) is 6.23 Å². The summed E-state index contributed by atoms with van der Waals surface area (Å²) in [5.74, 6) is 0.0196. The van der Waals surface area contributed by atoms with Crippen LogP contribution >= 0.6 is 7.52 Å². The van der Waals surface area contributed by atoms with Crippen molar-refractivity contribution < 1.29 is 13.8 Å². The third-order valence-corrected chi connectivity index (χ3v) is 6.40. The predicted molar refractivity (Wildman–Crippen MR) is 97.1 cm³/mol. The molecule has 0 bridgehead atoms. The van der Waals surface area contributed by atoms with Crippen molar-refractivity contribution in [2.24, 2.45) is 0 Å². The fourth-order valence-electron chi connectivity index (χ4n) is 2.73. The summed E-state index contributed by atoms with van der Waals surface area (Å²) in [5, 5.41) is 0. The second kappa shape index (κ2) is 7.09. The van der Waals surface area contributed by atoms with Crippen molar-refractivity contribution in [3.05, 3.63) is 16.7 Å². The molecule has 1 aliphatic rings. The summed E-state index contributed by atoms with van der Waals surface area (Å²) in [6, 6.07) is 0. The fourth-order valence-corrected chi connectivity index (χ4v) is 3.41. The van der Waals surface area contributed by atoms with Gasteiger partial charge in [-0.2, -0.15) is 4.98 Å². The molecule has 1 unspecified atom stereocenters. The molecule has 11 nitrogen and oxygen atoms in total. The van der Waals surface area contributed by atoms with Gasteiger partial charge in [0.1, 0.15) is 6.23 Å². The molecule has 3 rings (SSSR count). The van der Waals surface area contributed by atoms with E-state index in [0.29, 0.717) is 18.7 Å². The van der Waals surface area contributed by atoms with Gasteiger partial charge in [-0.05, 0) is 21.1 Å². The zero-order valence-corrected chi connectivity index (χ0v) is 16.1. The van der Waals surface area contributed by atoms with E-state index < -0.39 is 19.3 Å². The van der Waals surface area contributed by atoms with Crippen molar-refractivity contribution in [3.63, 3.8) is 0 Å². The number of nitrogens with two attached hydrogens (primary N) is 1. The maximum absolute atomic E-state index is 12.4. The normalized spacial score (nSPS) is 24.2. The number of rotatable bonds is 5. The van der Waals surface area contributed by atoms with Crippen LogP contribution in [0, 0.1) is 0 Å². The predicted octanol–water partition coefficient (Wildman–Crippen LogP) is -0.0679. The summed E-state index contributed by atoms with van der Waals surface area (Å²) < 4.78 is 27.3. The number of imidazole rings is 1. The summed E-state index contributed by atoms with van der Waals surface area (Å²) in [4.78, 5) is 24.7. The Balaban J connectivity index is 1.81. The lowest BCUT2D eigenvalue weighted by Gasteiger charge is -2.37. The Labute approximate surface area is 150 Å². The number of hydrogen-bond donors (Lipinski definition) is 2. The van der Waals surface area contributed by atoms with E-state index >= 15 is 0 Å². The second-order valence-electron chi connectivity index (χ2n) is 6.66. The van der Waals surface area contributed by atoms with Crippen LogP contribution in [0.2, 0.25) is 0 Å². The van der Waals surface area contributed by atoms with Gasteiger partial charge in [-0.3, -0.25) is 23.8 Å². The Kier molecular flexibility index (Phi) is 5.18. The van der Waals surface area contributed by atoms with Gasteiger partial charge in [0.15, 0.2) is 11.2 Å². The van der Waals surface area contributed by atoms with Gasteiger partial charge in [0.05, 0.1) is 19.0 Å². The van der Waals surface area contributed by atoms with Crippen molar-refractivity contribution >= 4 is 24.6 Å². The van der Waals surface area contributed by atoms with E-state index in [9.17, 15) is 9.36 Å². The molecule has 2 aromatic heterocycles. The van der Waals surface area contributed by atoms with Gasteiger partial charge in [0.25, 0.3) is 13.1 Å². The molecule has 1 saturated heterocycles. The lowest BCUT2D eigenvalue weighted by molar-refractivity contribution is -0.125. The van der Waals surface area contributed by atoms with Gasteiger partial charge in [-0.15, -0.1) is 0 Å². The summed E-state index contributed by atoms with van der Waals surface area (Å²) in [5.41, 5.74) is 5.82. The van der Waals surface area contributed by atoms with E-state index in [-0.39, 0.29) is 24.2 Å². The number of aromatic amines is 1. The number of morpholine rings is 1. The van der Waals surface area contributed by atoms with Crippen LogP contribution in [0.25, 0.3) is 11.2 Å². The molecule has 2 aromatic rings. The number of H-pyrrole nitrogens is 1. The summed E-state index contributed by atoms with van der Waals surface area (Å²) in [7, 11) is 2.53. The lowest BCUT2D eigenvalue weighted by atomic mass is 10.3. The standard InChI is InChI=1S/C14H24N7O4P/c1-19(2)26(4,23)24-7-9-5-20(3)6-10(25-9)21-8-16-11-12(21)17-14(15)18-13(11)22/h8-10H,5-7H2,1-4H3,(H3,15,17,18,22)/t9-,10+,26?/m0/s1. The first-order chi connectivity index (χ1) is 12.2. The first-order valence-corrected chi connectivity index (χ1v) is 10.2. The van der Waals surface area contributed by atoms with Gasteiger partial charge < -0.3 is 15.0 Å². The molecule has 0 aliphatic carbocycles. The number of nitrogens with zero attached hydrogens (tertiary/aromatic N) is 5. The molecule has 3 heterocycles. The molecule has 0 saturated carbocycles. The average molecular weight is 385 g/mol. The van der Waals surface area contributed by atoms with Crippen LogP contribution in [0.5, 0.6) is 0 Å². The highest BCUT2D eigenvalue weighted by atomic mass is 31.2. The van der Waals surface area contributed by atoms with Crippen LogP contribution < -0.4 is 11.3 Å². The second-order valence-corrected chi connectivity index (χ2v) is 9.32. The van der Waals surface area contributed by atoms with Crippen molar-refractivity contribution in [1.82, 2.24) is 29.1 Å². The summed E-state index contributed by atoms with van der Waals surface area (Å²) in [6.45, 7) is 2.97. The highest BCUT2D eigenvalue weighted by Gasteiger charge is 2.31. The fraction of sp³-hybridized carbons (Fsp3) is 0.643. The first kappa shape index (κ1) is 19.0. The molecule has 3 N–H and O–H groups in total. The van der Waals surface area contributed by atoms with Gasteiger partial charge in [0, 0.05) is 19.8 Å². The largest absolute Gasteiger partial charge is 0.369 e. The molecule has 3 atom stereocenters. The third kappa shape index (κ3) is 3.81. The number of fused-ring (bicyclic) bond motifs is 1. The Morgan fingerprint density at radius 2 is 2.23 bits per heavy atom. The van der Waals surface area contributed by atoms with Gasteiger partial charge in [-0.25, -0.2) is 9.65 Å². The molecule has 0 amide bonds. The van der Waals surface area contributed by atoms with Crippen molar-refractivity contribution in [3.8, 4) is 0 Å². The molecule has 1 fully saturated rings. The number of nitrogen functional groups attached to an aromatic ring is 1. The van der Waals surface area contributed by atoms with E-state index in [1.165, 1.54) is 6.33 Å². The SMILES string of the molecule is CN1C[C@@H](COP(C)(=O)N(C)C)O[C@@H](n2cnc3c(=O)[nH]c(N)nc32)C1. The quantitative estimate of drug-likeness (QED) is 0.679. The molecule has 0 aromatic carbocycles. The van der Waals surface area contributed by atoms with Crippen molar-refractivity contribution in [2.45, 2.75) is 12.3 Å². The van der Waals surface area contributed by atoms with Crippen LogP contribution in [-0.2, 0) is 13.8 Å². The number of aromatic nitrogens is 4. The van der Waals surface area contributed by atoms with Gasteiger partial charge in [0.2, 0.25) is 5.95 Å². The molecule has 1 aliphatic heterocycles. The monoisotopic (exact) mass is 385 g/mol. The molecule has 12 heteroatoms. The lowest BCUT2D eigenvalue weighted by Crippen LogP contribution is -2.45. The van der Waals surface area contributed by atoms with Crippen LogP contribution in [0.4, 0.5) is 5.95 Å². The first-order valence-electron chi connectivity index (χ1n) is 8.13. The number of ether oxygens (including phenoxy) is 1. The number of hydrogen-bond acceptors (Lipinski definition) is 8. The van der Waals surface area contributed by atoms with Crippen LogP contribution in [-0.4, -0.2) is 82.7 Å². The minimum atomic E-state index is -2.84. The third-order valence-electron chi connectivity index (χ3n) is 4.32. The minimum absolute atomic E-state index is 0.0196. The van der Waals surface area contributed by atoms with E-state index in [0.717, 1.165) is 0 Å². The molecule has 26 heavy (non-hydrogen) atoms. The molecule has 144 valence electrons. The Morgan fingerprint density at radius 1 is 1.50 bits per heavy atom. The number of nitrogens with one attached hydrogen (secondary N) is 1. The highest BCUT2D eigenvalue weighted by molar-refractivity contribution is 7.55. The Bertz CT molecular complexity index is 895. The zero-order valence-electron chi connectivity index (χ0n) is 15.2. The van der Waals surface area contributed by atoms with Crippen LogP contribution in [0.15, 0.2) is 11.1 Å². The van der Waals surface area contributed by atoms with Gasteiger partial charge in [-0.1, -0.05) is 0 Å². The van der Waals surface area contributed by atoms with Crippen LogP contribution in [0.3, 0.4) is 0 Å². The molecular weight excluding hydrogens is 361 g/mol. The van der Waals surface area contributed by atoms with Gasteiger partial charge >= 0.3 is 0 Å². The smallest absolute Gasteiger partial charge is 0.280 e. The summed E-state index contributed by atoms with van der Waals surface area (Å²) >= 11 is 0. The zero-order chi connectivity index (χ0) is 19.1. The molecule has 0 spiro atoms. The van der Waals surface area contributed by atoms with E-state index in [1.54, 1.807) is 30.0 Å². The topological polar surface area (TPSA) is 132 Å². The van der Waals surface area contributed by atoms with E-state index in [1.807, 2.05) is 7.05 Å². The van der Waals surface area contributed by atoms with E-state index in [4.69, 9.17) is 15.0 Å². The van der Waals surface area contributed by atoms with Crippen molar-refractivity contribution in [1.29, 1.82) is 0 Å². The van der Waals surface area contributed by atoms with Crippen molar-refractivity contribution in [2.75, 3.05) is 53.2 Å². The Hall–Kier alpha value is -1.78.